The van der Waals surface area contributed by atoms with Crippen molar-refractivity contribution in [3.05, 3.63) is 78.3 Å². The van der Waals surface area contributed by atoms with Crippen LogP contribution in [0, 0.1) is 0 Å². The van der Waals surface area contributed by atoms with Crippen LogP contribution in [-0.4, -0.2) is 19.3 Å². The quantitative estimate of drug-likeness (QED) is 0.731. The molecule has 0 N–H and O–H groups in total. The van der Waals surface area contributed by atoms with E-state index in [1.54, 1.807) is 18.4 Å². The standard InChI is InChI=1S/C19H17NO3S/c21-24(22,20-12-10-17-11-13-23-19(17)14-20)18-8-6-16(7-9-18)15-4-2-1-3-5-15/h1-9,11,13H,10,12,14H2. The second-order valence-corrected chi connectivity index (χ2v) is 7.79. The highest BCUT2D eigenvalue weighted by atomic mass is 32.2. The maximum absolute atomic E-state index is 12.9. The number of rotatable bonds is 3. The minimum atomic E-state index is -3.51. The molecule has 0 spiro atoms. The van der Waals surface area contributed by atoms with E-state index >= 15 is 0 Å². The minimum absolute atomic E-state index is 0.297. The zero-order chi connectivity index (χ0) is 16.6. The van der Waals surface area contributed by atoms with Crippen LogP contribution in [0.4, 0.5) is 0 Å². The van der Waals surface area contributed by atoms with Gasteiger partial charge in [0.15, 0.2) is 0 Å². The molecule has 2 aromatic carbocycles. The molecule has 3 aromatic rings. The number of fused-ring (bicyclic) bond motifs is 1. The van der Waals surface area contributed by atoms with Crippen LogP contribution in [-0.2, 0) is 23.0 Å². The van der Waals surface area contributed by atoms with Gasteiger partial charge in [-0.3, -0.25) is 0 Å². The normalized spacial score (nSPS) is 15.2. The summed E-state index contributed by atoms with van der Waals surface area (Å²) in [5, 5.41) is 0. The summed E-state index contributed by atoms with van der Waals surface area (Å²) in [5.74, 6) is 0.741. The van der Waals surface area contributed by atoms with Crippen molar-refractivity contribution in [2.45, 2.75) is 17.9 Å². The first kappa shape index (κ1) is 15.2. The Morgan fingerprint density at radius 1 is 0.875 bits per heavy atom. The number of sulfonamides is 1. The molecule has 2 heterocycles. The molecule has 0 radical (unpaired) electrons. The third-order valence-electron chi connectivity index (χ3n) is 4.39. The highest BCUT2D eigenvalue weighted by molar-refractivity contribution is 7.89. The SMILES string of the molecule is O=S(=O)(c1ccc(-c2ccccc2)cc1)N1CCc2ccoc2C1. The van der Waals surface area contributed by atoms with Crippen LogP contribution < -0.4 is 0 Å². The first-order valence-electron chi connectivity index (χ1n) is 7.85. The zero-order valence-corrected chi connectivity index (χ0v) is 13.9. The molecule has 0 amide bonds. The molecule has 0 unspecified atom stereocenters. The van der Waals surface area contributed by atoms with Crippen LogP contribution in [0.15, 0.2) is 76.2 Å². The molecule has 0 saturated heterocycles. The fourth-order valence-corrected chi connectivity index (χ4v) is 4.41. The summed E-state index contributed by atoms with van der Waals surface area (Å²) in [6, 6.07) is 18.9. The van der Waals surface area contributed by atoms with Crippen LogP contribution >= 0.6 is 0 Å². The third kappa shape index (κ3) is 2.66. The smallest absolute Gasteiger partial charge is 0.243 e. The monoisotopic (exact) mass is 339 g/mol. The molecule has 122 valence electrons. The van der Waals surface area contributed by atoms with Crippen LogP contribution in [0.5, 0.6) is 0 Å². The average Bonchev–Trinajstić information content (AvgIpc) is 3.10. The summed E-state index contributed by atoms with van der Waals surface area (Å²) in [6.45, 7) is 0.778. The number of benzene rings is 2. The Morgan fingerprint density at radius 3 is 2.33 bits per heavy atom. The number of furan rings is 1. The predicted molar refractivity (Wildman–Crippen MR) is 91.9 cm³/mol. The Hall–Kier alpha value is -2.37. The van der Waals surface area contributed by atoms with Gasteiger partial charge in [0.05, 0.1) is 17.7 Å². The molecular formula is C19H17NO3S. The predicted octanol–water partition coefficient (Wildman–Crippen LogP) is 3.69. The molecule has 5 heteroatoms. The summed E-state index contributed by atoms with van der Waals surface area (Å²) in [5.41, 5.74) is 3.17. The lowest BCUT2D eigenvalue weighted by Gasteiger charge is -2.25. The molecule has 0 aliphatic carbocycles. The molecule has 4 nitrogen and oxygen atoms in total. The van der Waals surface area contributed by atoms with Gasteiger partial charge in [0, 0.05) is 6.54 Å². The maximum atomic E-state index is 12.9. The van der Waals surface area contributed by atoms with Crippen molar-refractivity contribution < 1.29 is 12.8 Å². The summed E-state index contributed by atoms with van der Waals surface area (Å²) >= 11 is 0. The molecule has 0 saturated carbocycles. The van der Waals surface area contributed by atoms with E-state index in [1.165, 1.54) is 4.31 Å². The van der Waals surface area contributed by atoms with Crippen molar-refractivity contribution in [1.29, 1.82) is 0 Å². The molecule has 1 aromatic heterocycles. The third-order valence-corrected chi connectivity index (χ3v) is 6.25. The summed E-state index contributed by atoms with van der Waals surface area (Å²) < 4.78 is 32.6. The maximum Gasteiger partial charge on any atom is 0.243 e. The molecule has 0 fully saturated rings. The van der Waals surface area contributed by atoms with E-state index in [9.17, 15) is 8.42 Å². The molecule has 0 atom stereocenters. The van der Waals surface area contributed by atoms with Crippen LogP contribution in [0.25, 0.3) is 11.1 Å². The van der Waals surface area contributed by atoms with E-state index in [0.29, 0.717) is 24.4 Å². The van der Waals surface area contributed by atoms with E-state index in [4.69, 9.17) is 4.42 Å². The van der Waals surface area contributed by atoms with Crippen molar-refractivity contribution in [3.8, 4) is 11.1 Å². The van der Waals surface area contributed by atoms with Crippen LogP contribution in [0.2, 0.25) is 0 Å². The topological polar surface area (TPSA) is 50.5 Å². The molecule has 1 aliphatic heterocycles. The largest absolute Gasteiger partial charge is 0.468 e. The van der Waals surface area contributed by atoms with E-state index in [0.717, 1.165) is 22.5 Å². The van der Waals surface area contributed by atoms with Crippen LogP contribution in [0.1, 0.15) is 11.3 Å². The van der Waals surface area contributed by atoms with Gasteiger partial charge in [-0.05, 0) is 41.3 Å². The Labute approximate surface area is 141 Å². The highest BCUT2D eigenvalue weighted by Crippen LogP contribution is 2.27. The molecule has 1 aliphatic rings. The van der Waals surface area contributed by atoms with Gasteiger partial charge in [-0.2, -0.15) is 4.31 Å². The van der Waals surface area contributed by atoms with Crippen molar-refractivity contribution in [1.82, 2.24) is 4.31 Å². The van der Waals surface area contributed by atoms with Crippen molar-refractivity contribution in [3.63, 3.8) is 0 Å². The number of hydrogen-bond acceptors (Lipinski definition) is 3. The van der Waals surface area contributed by atoms with Gasteiger partial charge >= 0.3 is 0 Å². The molecular weight excluding hydrogens is 322 g/mol. The van der Waals surface area contributed by atoms with Crippen molar-refractivity contribution in [2.24, 2.45) is 0 Å². The van der Waals surface area contributed by atoms with Gasteiger partial charge in [-0.1, -0.05) is 42.5 Å². The Bertz CT molecular complexity index is 944. The van der Waals surface area contributed by atoms with Gasteiger partial charge in [0.2, 0.25) is 10.0 Å². The van der Waals surface area contributed by atoms with Gasteiger partial charge in [0.25, 0.3) is 0 Å². The Morgan fingerprint density at radius 2 is 1.58 bits per heavy atom. The van der Waals surface area contributed by atoms with Gasteiger partial charge in [-0.15, -0.1) is 0 Å². The van der Waals surface area contributed by atoms with E-state index < -0.39 is 10.0 Å². The van der Waals surface area contributed by atoms with E-state index in [1.807, 2.05) is 48.5 Å². The summed E-state index contributed by atoms with van der Waals surface area (Å²) in [7, 11) is -3.51. The Balaban J connectivity index is 1.61. The van der Waals surface area contributed by atoms with Crippen molar-refractivity contribution in [2.75, 3.05) is 6.54 Å². The molecule has 4 rings (SSSR count). The summed E-state index contributed by atoms with van der Waals surface area (Å²) in [4.78, 5) is 0.317. The Kier molecular flexibility index (Phi) is 3.75. The van der Waals surface area contributed by atoms with Gasteiger partial charge in [0.1, 0.15) is 5.76 Å². The van der Waals surface area contributed by atoms with Gasteiger partial charge < -0.3 is 4.42 Å². The minimum Gasteiger partial charge on any atom is -0.468 e. The lowest BCUT2D eigenvalue weighted by Crippen LogP contribution is -2.35. The lowest BCUT2D eigenvalue weighted by atomic mass is 10.1. The number of nitrogens with zero attached hydrogens (tertiary/aromatic N) is 1. The van der Waals surface area contributed by atoms with Crippen LogP contribution in [0.3, 0.4) is 0 Å². The first-order valence-corrected chi connectivity index (χ1v) is 9.29. The average molecular weight is 339 g/mol. The summed E-state index contributed by atoms with van der Waals surface area (Å²) in [6.07, 6.45) is 2.31. The van der Waals surface area contributed by atoms with E-state index in [2.05, 4.69) is 0 Å². The number of hydrogen-bond donors (Lipinski definition) is 0. The fourth-order valence-electron chi connectivity index (χ4n) is 3.02. The van der Waals surface area contributed by atoms with E-state index in [-0.39, 0.29) is 0 Å². The fraction of sp³-hybridized carbons (Fsp3) is 0.158. The second kappa shape index (κ2) is 5.92. The molecule has 0 bridgehead atoms. The lowest BCUT2D eigenvalue weighted by molar-refractivity contribution is 0.343. The highest BCUT2D eigenvalue weighted by Gasteiger charge is 2.29. The molecule has 24 heavy (non-hydrogen) atoms. The van der Waals surface area contributed by atoms with Crippen molar-refractivity contribution >= 4 is 10.0 Å². The first-order chi connectivity index (χ1) is 11.6. The van der Waals surface area contributed by atoms with Gasteiger partial charge in [-0.25, -0.2) is 8.42 Å². The zero-order valence-electron chi connectivity index (χ0n) is 13.1. The second-order valence-electron chi connectivity index (χ2n) is 5.85.